The minimum absolute atomic E-state index is 0.0703. The Bertz CT molecular complexity index is 2190. The first kappa shape index (κ1) is 36.1. The number of nitrogens with zero attached hydrogens (tertiary/aromatic N) is 4. The number of carbonyl (C=O) groups excluding carboxylic acids is 6. The number of hydrogen-bond donors (Lipinski definition) is 4. The molecule has 4 aliphatic rings. The lowest BCUT2D eigenvalue weighted by Crippen LogP contribution is -2.54. The van der Waals surface area contributed by atoms with Gasteiger partial charge in [-0.25, -0.2) is 4.98 Å². The number of benzene rings is 3. The van der Waals surface area contributed by atoms with Crippen LogP contribution in [-0.2, 0) is 16.1 Å². The van der Waals surface area contributed by atoms with Crippen molar-refractivity contribution in [1.82, 2.24) is 30.4 Å². The summed E-state index contributed by atoms with van der Waals surface area (Å²) in [6.07, 6.45) is 5.06. The van der Waals surface area contributed by atoms with Crippen LogP contribution in [0.1, 0.15) is 99.1 Å². The standard InChI is InChI=1S/C41H44N8O6/c1-24-4-3-19-48(24)23-34-44-30-12-11-28(22-31(30)45-34)43-38(52)27-9-7-26(8-10-27)37(51)42-18-15-25-16-20-47(21-17-25)32-6-2-5-29-36(32)41(55)49(40(29)54)33-13-14-35(50)46-39(33)53/h2,5-12,22,24-25,33H,3-4,13-21,23H2,1H3,(H,42,51)(H,43,52)(H,44,45)(H,46,50,53)/t24-,33?/m0/s1. The number of rotatable bonds is 10. The summed E-state index contributed by atoms with van der Waals surface area (Å²) in [5.74, 6) is -1.27. The molecule has 6 amide bonds. The fourth-order valence-corrected chi connectivity index (χ4v) is 8.33. The fourth-order valence-electron chi connectivity index (χ4n) is 8.33. The van der Waals surface area contributed by atoms with E-state index >= 15 is 0 Å². The van der Waals surface area contributed by atoms with Gasteiger partial charge < -0.3 is 20.5 Å². The van der Waals surface area contributed by atoms with Gasteiger partial charge in [0.1, 0.15) is 11.9 Å². The number of hydrogen-bond acceptors (Lipinski definition) is 9. The highest BCUT2D eigenvalue weighted by atomic mass is 16.2. The van der Waals surface area contributed by atoms with Crippen molar-refractivity contribution in [1.29, 1.82) is 0 Å². The zero-order valence-corrected chi connectivity index (χ0v) is 30.7. The number of likely N-dealkylation sites (tertiary alicyclic amines) is 1. The number of aromatic amines is 1. The van der Waals surface area contributed by atoms with E-state index in [-0.39, 0.29) is 30.2 Å². The molecule has 284 valence electrons. The molecule has 8 rings (SSSR count). The molecule has 1 unspecified atom stereocenters. The predicted molar refractivity (Wildman–Crippen MR) is 205 cm³/mol. The molecule has 0 spiro atoms. The summed E-state index contributed by atoms with van der Waals surface area (Å²) in [5.41, 5.74) is 4.53. The normalized spacial score (nSPS) is 20.6. The second-order valence-corrected chi connectivity index (χ2v) is 15.0. The summed E-state index contributed by atoms with van der Waals surface area (Å²) in [7, 11) is 0. The Kier molecular flexibility index (Phi) is 9.91. The van der Waals surface area contributed by atoms with Crippen molar-refractivity contribution < 1.29 is 28.8 Å². The van der Waals surface area contributed by atoms with Crippen LogP contribution >= 0.6 is 0 Å². The van der Waals surface area contributed by atoms with Crippen LogP contribution in [0.4, 0.5) is 11.4 Å². The lowest BCUT2D eigenvalue weighted by atomic mass is 9.92. The summed E-state index contributed by atoms with van der Waals surface area (Å²) in [6.45, 7) is 5.94. The van der Waals surface area contributed by atoms with E-state index in [0.717, 1.165) is 54.1 Å². The molecule has 0 aliphatic carbocycles. The van der Waals surface area contributed by atoms with Crippen molar-refractivity contribution in [2.45, 2.75) is 70.5 Å². The van der Waals surface area contributed by atoms with Gasteiger partial charge in [0.05, 0.1) is 34.4 Å². The number of H-pyrrole nitrogens is 1. The van der Waals surface area contributed by atoms with Crippen molar-refractivity contribution in [3.05, 3.63) is 88.7 Å². The molecule has 4 aromatic rings. The minimum atomic E-state index is -1.01. The van der Waals surface area contributed by atoms with Gasteiger partial charge in [-0.1, -0.05) is 6.07 Å². The van der Waals surface area contributed by atoms with Crippen LogP contribution in [-0.4, -0.2) is 93.5 Å². The second kappa shape index (κ2) is 15.1. The Hall–Kier alpha value is -5.89. The van der Waals surface area contributed by atoms with Crippen molar-refractivity contribution in [2.24, 2.45) is 5.92 Å². The third-order valence-corrected chi connectivity index (χ3v) is 11.5. The molecule has 5 heterocycles. The summed E-state index contributed by atoms with van der Waals surface area (Å²) >= 11 is 0. The van der Waals surface area contributed by atoms with E-state index in [1.54, 1.807) is 36.4 Å². The van der Waals surface area contributed by atoms with Crippen LogP contribution in [0.2, 0.25) is 0 Å². The molecule has 4 aliphatic heterocycles. The lowest BCUT2D eigenvalue weighted by Gasteiger charge is -2.34. The quantitative estimate of drug-likeness (QED) is 0.173. The van der Waals surface area contributed by atoms with Gasteiger partial charge in [-0.3, -0.25) is 43.9 Å². The van der Waals surface area contributed by atoms with Crippen LogP contribution in [0.25, 0.3) is 11.0 Å². The number of piperidine rings is 2. The summed E-state index contributed by atoms with van der Waals surface area (Å²) in [6, 6.07) is 17.0. The van der Waals surface area contributed by atoms with Crippen molar-refractivity contribution >= 4 is 57.9 Å². The largest absolute Gasteiger partial charge is 0.371 e. The fraction of sp³-hybridized carbons (Fsp3) is 0.390. The number of nitrogens with one attached hydrogen (secondary N) is 4. The SMILES string of the molecule is C[C@H]1CCCN1Cc1nc2ccc(NC(=O)c3ccc(C(=O)NCCC4CCN(c5cccc6c5C(=O)N(C5CCC(=O)NC5=O)C6=O)CC4)cc3)cc2[nH]1. The van der Waals surface area contributed by atoms with Gasteiger partial charge in [0, 0.05) is 48.9 Å². The van der Waals surface area contributed by atoms with E-state index in [1.165, 1.54) is 12.8 Å². The number of anilines is 2. The van der Waals surface area contributed by atoms with Gasteiger partial charge in [-0.15, -0.1) is 0 Å². The first-order valence-corrected chi connectivity index (χ1v) is 19.1. The van der Waals surface area contributed by atoms with Crippen molar-refractivity contribution in [3.63, 3.8) is 0 Å². The van der Waals surface area contributed by atoms with E-state index in [0.29, 0.717) is 59.7 Å². The molecule has 4 N–H and O–H groups in total. The van der Waals surface area contributed by atoms with E-state index in [9.17, 15) is 28.8 Å². The number of carbonyl (C=O) groups is 6. The third kappa shape index (κ3) is 7.33. The lowest BCUT2D eigenvalue weighted by molar-refractivity contribution is -0.136. The maximum atomic E-state index is 13.5. The van der Waals surface area contributed by atoms with Crippen LogP contribution in [0.3, 0.4) is 0 Å². The predicted octanol–water partition coefficient (Wildman–Crippen LogP) is 4.24. The number of imidazole rings is 1. The first-order chi connectivity index (χ1) is 26.6. The van der Waals surface area contributed by atoms with Crippen LogP contribution < -0.4 is 20.9 Å². The van der Waals surface area contributed by atoms with Crippen LogP contribution in [0, 0.1) is 5.92 Å². The highest BCUT2D eigenvalue weighted by Gasteiger charge is 2.46. The van der Waals surface area contributed by atoms with Crippen molar-refractivity contribution in [3.8, 4) is 0 Å². The molecular weight excluding hydrogens is 701 g/mol. The Morgan fingerprint density at radius 1 is 0.873 bits per heavy atom. The Morgan fingerprint density at radius 2 is 1.64 bits per heavy atom. The highest BCUT2D eigenvalue weighted by molar-refractivity contribution is 6.25. The number of aromatic nitrogens is 2. The van der Waals surface area contributed by atoms with Gasteiger partial charge in [-0.2, -0.15) is 0 Å². The molecule has 3 saturated heterocycles. The van der Waals surface area contributed by atoms with E-state index in [4.69, 9.17) is 4.98 Å². The van der Waals surface area contributed by atoms with Gasteiger partial charge in [-0.05, 0) is 113 Å². The molecule has 55 heavy (non-hydrogen) atoms. The molecule has 1 aromatic heterocycles. The molecule has 2 atom stereocenters. The van der Waals surface area contributed by atoms with E-state index in [1.807, 2.05) is 24.3 Å². The molecule has 3 aromatic carbocycles. The molecule has 3 fully saturated rings. The van der Waals surface area contributed by atoms with Gasteiger partial charge >= 0.3 is 0 Å². The molecular formula is C41H44N8O6. The molecule has 0 radical (unpaired) electrons. The molecule has 0 saturated carbocycles. The monoisotopic (exact) mass is 744 g/mol. The maximum Gasteiger partial charge on any atom is 0.264 e. The average molecular weight is 745 g/mol. The van der Waals surface area contributed by atoms with Gasteiger partial charge in [0.15, 0.2) is 0 Å². The average Bonchev–Trinajstić information content (AvgIpc) is 3.86. The summed E-state index contributed by atoms with van der Waals surface area (Å²) < 4.78 is 0. The minimum Gasteiger partial charge on any atom is -0.371 e. The number of imide groups is 2. The van der Waals surface area contributed by atoms with E-state index < -0.39 is 29.7 Å². The van der Waals surface area contributed by atoms with E-state index in [2.05, 4.69) is 37.7 Å². The zero-order chi connectivity index (χ0) is 38.2. The molecule has 14 heteroatoms. The maximum absolute atomic E-state index is 13.5. The first-order valence-electron chi connectivity index (χ1n) is 19.1. The zero-order valence-electron chi connectivity index (χ0n) is 30.7. The Morgan fingerprint density at radius 3 is 2.36 bits per heavy atom. The summed E-state index contributed by atoms with van der Waals surface area (Å²) in [5, 5.41) is 8.19. The smallest absolute Gasteiger partial charge is 0.264 e. The van der Waals surface area contributed by atoms with Gasteiger partial charge in [0.2, 0.25) is 11.8 Å². The second-order valence-electron chi connectivity index (χ2n) is 15.0. The summed E-state index contributed by atoms with van der Waals surface area (Å²) in [4.78, 5) is 90.6. The topological polar surface area (TPSA) is 177 Å². The third-order valence-electron chi connectivity index (χ3n) is 11.5. The van der Waals surface area contributed by atoms with Crippen molar-refractivity contribution in [2.75, 3.05) is 36.4 Å². The molecule has 0 bridgehead atoms. The molecule has 14 nitrogen and oxygen atoms in total. The van der Waals surface area contributed by atoms with Crippen LogP contribution in [0.5, 0.6) is 0 Å². The number of amides is 6. The van der Waals surface area contributed by atoms with Gasteiger partial charge in [0.25, 0.3) is 23.6 Å². The van der Waals surface area contributed by atoms with Crippen LogP contribution in [0.15, 0.2) is 60.7 Å². The Labute approximate surface area is 318 Å². The Balaban J connectivity index is 0.801. The number of fused-ring (bicyclic) bond motifs is 2. The highest BCUT2D eigenvalue weighted by Crippen LogP contribution is 2.36.